The molecule has 2 amide bonds. The first-order valence-corrected chi connectivity index (χ1v) is 11.8. The third-order valence-electron chi connectivity index (χ3n) is 5.80. The van der Waals surface area contributed by atoms with Gasteiger partial charge in [0, 0.05) is 5.56 Å². The Hall–Kier alpha value is -2.19. The fraction of sp³-hybridized carbons (Fsp3) is 0.261. The third-order valence-corrected chi connectivity index (χ3v) is 7.50. The molecule has 0 unspecified atom stereocenters. The van der Waals surface area contributed by atoms with E-state index < -0.39 is 0 Å². The van der Waals surface area contributed by atoms with E-state index in [9.17, 15) is 9.59 Å². The number of piperidine rings is 1. The minimum absolute atomic E-state index is 0.147. The van der Waals surface area contributed by atoms with E-state index in [1.54, 1.807) is 23.1 Å². The van der Waals surface area contributed by atoms with Gasteiger partial charge in [0.05, 0.1) is 33.5 Å². The van der Waals surface area contributed by atoms with E-state index in [1.807, 2.05) is 30.3 Å². The number of thiocarbonyl (C=S) groups is 1. The van der Waals surface area contributed by atoms with Crippen molar-refractivity contribution in [3.05, 3.63) is 64.0 Å². The van der Waals surface area contributed by atoms with Crippen molar-refractivity contribution in [1.82, 2.24) is 4.90 Å². The van der Waals surface area contributed by atoms with Crippen molar-refractivity contribution < 1.29 is 9.59 Å². The first kappa shape index (κ1) is 20.7. The number of hydrogen-bond donors (Lipinski definition) is 0. The molecule has 2 fully saturated rings. The monoisotopic (exact) mass is 469 g/mol. The van der Waals surface area contributed by atoms with Crippen molar-refractivity contribution in [2.45, 2.75) is 19.3 Å². The van der Waals surface area contributed by atoms with Gasteiger partial charge in [-0.25, -0.2) is 0 Å². The van der Waals surface area contributed by atoms with Gasteiger partial charge in [-0.05, 0) is 44.1 Å². The first-order valence-electron chi connectivity index (χ1n) is 10.2. The summed E-state index contributed by atoms with van der Waals surface area (Å²) in [5.74, 6) is -0.451. The Morgan fingerprint density at radius 1 is 0.903 bits per heavy atom. The standard InChI is InChI=1S/C23H20ClN3O2S2/c24-16-9-3-5-11-18(16)27-22(29)20(31-23(27)30)19-15-8-2-4-10-17(15)26(21(19)28)14-25-12-6-1-7-13-25/h2-5,8-11H,1,6-7,12-14H2/b20-19-. The maximum Gasteiger partial charge on any atom is 0.271 e. The second-order valence-electron chi connectivity index (χ2n) is 7.73. The minimum atomic E-state index is -0.305. The lowest BCUT2D eigenvalue weighted by molar-refractivity contribution is -0.115. The van der Waals surface area contributed by atoms with Crippen LogP contribution < -0.4 is 9.80 Å². The number of benzene rings is 2. The maximum absolute atomic E-state index is 13.6. The van der Waals surface area contributed by atoms with E-state index in [-0.39, 0.29) is 11.8 Å². The third kappa shape index (κ3) is 3.59. The fourth-order valence-electron chi connectivity index (χ4n) is 4.30. The van der Waals surface area contributed by atoms with Gasteiger partial charge in [0.25, 0.3) is 11.8 Å². The molecule has 0 radical (unpaired) electrons. The minimum Gasteiger partial charge on any atom is -0.294 e. The van der Waals surface area contributed by atoms with E-state index >= 15 is 0 Å². The zero-order valence-electron chi connectivity index (χ0n) is 16.7. The molecule has 5 nitrogen and oxygen atoms in total. The molecule has 0 atom stereocenters. The Kier molecular flexibility index (Phi) is 5.60. The normalized spacial score (nSPS) is 21.9. The van der Waals surface area contributed by atoms with Crippen LogP contribution in [0.15, 0.2) is 53.4 Å². The molecule has 0 saturated carbocycles. The van der Waals surface area contributed by atoms with Crippen LogP contribution in [0, 0.1) is 0 Å². The number of carbonyl (C=O) groups excluding carboxylic acids is 2. The molecule has 5 rings (SSSR count). The molecule has 2 saturated heterocycles. The average Bonchev–Trinajstić information content (AvgIpc) is 3.22. The first-order chi connectivity index (χ1) is 15.1. The largest absolute Gasteiger partial charge is 0.294 e. The molecule has 3 heterocycles. The molecule has 0 spiro atoms. The summed E-state index contributed by atoms with van der Waals surface area (Å²) in [7, 11) is 0. The van der Waals surface area contributed by atoms with E-state index in [1.165, 1.54) is 23.1 Å². The summed E-state index contributed by atoms with van der Waals surface area (Å²) in [4.78, 5) is 32.9. The summed E-state index contributed by atoms with van der Waals surface area (Å²) >= 11 is 13.0. The fourth-order valence-corrected chi connectivity index (χ4v) is 5.88. The summed E-state index contributed by atoms with van der Waals surface area (Å²) in [6.07, 6.45) is 3.52. The van der Waals surface area contributed by atoms with Gasteiger partial charge in [0.1, 0.15) is 0 Å². The Morgan fingerprint density at radius 2 is 1.58 bits per heavy atom. The van der Waals surface area contributed by atoms with Crippen LogP contribution in [0.3, 0.4) is 0 Å². The van der Waals surface area contributed by atoms with Gasteiger partial charge >= 0.3 is 0 Å². The smallest absolute Gasteiger partial charge is 0.271 e. The predicted molar refractivity (Wildman–Crippen MR) is 130 cm³/mol. The maximum atomic E-state index is 13.6. The van der Waals surface area contributed by atoms with Crippen LogP contribution in [0.25, 0.3) is 5.57 Å². The van der Waals surface area contributed by atoms with E-state index in [2.05, 4.69) is 4.90 Å². The van der Waals surface area contributed by atoms with Gasteiger partial charge in [-0.2, -0.15) is 0 Å². The molecule has 3 aliphatic rings. The molecule has 2 aromatic carbocycles. The Bertz CT molecular complexity index is 1130. The highest BCUT2D eigenvalue weighted by Gasteiger charge is 2.43. The number of likely N-dealkylation sites (tertiary alicyclic amines) is 1. The SMILES string of the molecule is O=C1/C(=C2\SC(=S)N(c3ccccc3Cl)C2=O)c2ccccc2N1CN1CCCCC1. The van der Waals surface area contributed by atoms with Crippen molar-refractivity contribution in [2.24, 2.45) is 0 Å². The van der Waals surface area contributed by atoms with Crippen LogP contribution in [0.4, 0.5) is 11.4 Å². The number of para-hydroxylation sites is 2. The molecule has 0 aliphatic carbocycles. The molecule has 0 bridgehead atoms. The van der Waals surface area contributed by atoms with E-state index in [4.69, 9.17) is 23.8 Å². The van der Waals surface area contributed by atoms with Crippen LogP contribution in [-0.4, -0.2) is 40.8 Å². The Labute approximate surface area is 195 Å². The second-order valence-corrected chi connectivity index (χ2v) is 9.79. The van der Waals surface area contributed by atoms with Crippen LogP contribution in [-0.2, 0) is 9.59 Å². The lowest BCUT2D eigenvalue weighted by Gasteiger charge is -2.30. The number of thioether (sulfide) groups is 1. The summed E-state index contributed by atoms with van der Waals surface area (Å²) in [6, 6.07) is 14.8. The summed E-state index contributed by atoms with van der Waals surface area (Å²) < 4.78 is 0.375. The lowest BCUT2D eigenvalue weighted by atomic mass is 10.1. The average molecular weight is 470 g/mol. The van der Waals surface area contributed by atoms with Crippen molar-refractivity contribution >= 4 is 68.7 Å². The van der Waals surface area contributed by atoms with Gasteiger partial charge in [-0.1, -0.05) is 72.3 Å². The second kappa shape index (κ2) is 8.39. The zero-order valence-corrected chi connectivity index (χ0v) is 19.1. The predicted octanol–water partition coefficient (Wildman–Crippen LogP) is 4.91. The van der Waals surface area contributed by atoms with Gasteiger partial charge in [0.2, 0.25) is 0 Å². The quantitative estimate of drug-likeness (QED) is 0.472. The number of carbonyl (C=O) groups is 2. The van der Waals surface area contributed by atoms with Crippen LogP contribution in [0.1, 0.15) is 24.8 Å². The molecular weight excluding hydrogens is 450 g/mol. The van der Waals surface area contributed by atoms with Crippen molar-refractivity contribution in [3.8, 4) is 0 Å². The number of rotatable bonds is 3. The summed E-state index contributed by atoms with van der Waals surface area (Å²) in [5, 5.41) is 0.440. The topological polar surface area (TPSA) is 43.9 Å². The highest BCUT2D eigenvalue weighted by molar-refractivity contribution is 8.27. The lowest BCUT2D eigenvalue weighted by Crippen LogP contribution is -2.42. The summed E-state index contributed by atoms with van der Waals surface area (Å²) in [5.41, 5.74) is 2.59. The molecule has 0 N–H and O–H groups in total. The van der Waals surface area contributed by atoms with Gasteiger partial charge in [-0.3, -0.25) is 24.3 Å². The molecular formula is C23H20ClN3O2S2. The van der Waals surface area contributed by atoms with Crippen LogP contribution >= 0.6 is 35.6 Å². The van der Waals surface area contributed by atoms with Crippen molar-refractivity contribution in [2.75, 3.05) is 29.6 Å². The highest BCUT2D eigenvalue weighted by atomic mass is 35.5. The van der Waals surface area contributed by atoms with Crippen LogP contribution in [0.2, 0.25) is 5.02 Å². The van der Waals surface area contributed by atoms with E-state index in [0.29, 0.717) is 32.2 Å². The van der Waals surface area contributed by atoms with Crippen LogP contribution in [0.5, 0.6) is 0 Å². The number of fused-ring (bicyclic) bond motifs is 1. The molecule has 31 heavy (non-hydrogen) atoms. The number of amides is 2. The molecule has 3 aliphatic heterocycles. The van der Waals surface area contributed by atoms with Gasteiger partial charge in [0.15, 0.2) is 4.32 Å². The zero-order chi connectivity index (χ0) is 21.5. The number of halogens is 1. The van der Waals surface area contributed by atoms with Gasteiger partial charge < -0.3 is 0 Å². The van der Waals surface area contributed by atoms with Crippen molar-refractivity contribution in [1.29, 1.82) is 0 Å². The highest BCUT2D eigenvalue weighted by Crippen LogP contribution is 2.46. The Balaban J connectivity index is 1.55. The summed E-state index contributed by atoms with van der Waals surface area (Å²) in [6.45, 7) is 2.50. The van der Waals surface area contributed by atoms with Crippen molar-refractivity contribution in [3.63, 3.8) is 0 Å². The molecule has 8 heteroatoms. The number of nitrogens with zero attached hydrogens (tertiary/aromatic N) is 3. The number of hydrogen-bond acceptors (Lipinski definition) is 5. The molecule has 2 aromatic rings. The molecule has 0 aromatic heterocycles. The Morgan fingerprint density at radius 3 is 2.32 bits per heavy atom. The molecule has 158 valence electrons. The van der Waals surface area contributed by atoms with E-state index in [0.717, 1.165) is 37.2 Å². The number of anilines is 2. The van der Waals surface area contributed by atoms with Gasteiger partial charge in [-0.15, -0.1) is 0 Å².